The van der Waals surface area contributed by atoms with Crippen molar-refractivity contribution in [1.82, 2.24) is 4.98 Å². The molecule has 5 heteroatoms. The average Bonchev–Trinajstić information content (AvgIpc) is 2.74. The average molecular weight is 223 g/mol. The topological polar surface area (TPSA) is 68.0 Å². The van der Waals surface area contributed by atoms with Crippen molar-refractivity contribution in [1.29, 1.82) is 0 Å². The summed E-state index contributed by atoms with van der Waals surface area (Å²) in [5.74, 6) is 1.12. The number of thioether (sulfide) groups is 1. The predicted molar refractivity (Wildman–Crippen MR) is 62.8 cm³/mol. The number of nitrogens with one attached hydrogen (secondary N) is 1. The van der Waals surface area contributed by atoms with Crippen molar-refractivity contribution in [2.24, 2.45) is 0 Å². The molecular formula is C10H13N3OS. The van der Waals surface area contributed by atoms with E-state index in [0.717, 1.165) is 18.6 Å². The van der Waals surface area contributed by atoms with Gasteiger partial charge in [-0.3, -0.25) is 9.78 Å². The summed E-state index contributed by atoms with van der Waals surface area (Å²) in [5.41, 5.74) is 6.85. The monoisotopic (exact) mass is 223 g/mol. The number of rotatable bonds is 2. The third kappa shape index (κ3) is 2.41. The number of hydrogen-bond acceptors (Lipinski definition) is 4. The minimum atomic E-state index is 0.0513. The molecule has 2 rings (SSSR count). The maximum absolute atomic E-state index is 11.8. The van der Waals surface area contributed by atoms with Crippen LogP contribution in [0.15, 0.2) is 18.5 Å². The van der Waals surface area contributed by atoms with Crippen molar-refractivity contribution in [2.45, 2.75) is 18.1 Å². The lowest BCUT2D eigenvalue weighted by Crippen LogP contribution is -2.23. The molecule has 15 heavy (non-hydrogen) atoms. The van der Waals surface area contributed by atoms with E-state index in [9.17, 15) is 4.79 Å². The van der Waals surface area contributed by atoms with Crippen LogP contribution in [0.5, 0.6) is 0 Å². The van der Waals surface area contributed by atoms with Crippen molar-refractivity contribution >= 4 is 29.0 Å². The van der Waals surface area contributed by atoms with Gasteiger partial charge in [0, 0.05) is 6.20 Å². The molecule has 3 N–H and O–H groups in total. The fraction of sp³-hybridized carbons (Fsp3) is 0.400. The second-order valence-electron chi connectivity index (χ2n) is 3.45. The molecule has 1 aromatic heterocycles. The van der Waals surface area contributed by atoms with Gasteiger partial charge >= 0.3 is 0 Å². The number of amides is 1. The summed E-state index contributed by atoms with van der Waals surface area (Å²) in [5, 5.41) is 2.91. The number of nitrogens with zero attached hydrogens (tertiary/aromatic N) is 1. The van der Waals surface area contributed by atoms with Crippen LogP contribution in [0, 0.1) is 0 Å². The normalized spacial score (nSPS) is 20.1. The van der Waals surface area contributed by atoms with Crippen LogP contribution in [0.1, 0.15) is 12.8 Å². The van der Waals surface area contributed by atoms with Gasteiger partial charge in [-0.05, 0) is 24.7 Å². The number of anilines is 2. The maximum Gasteiger partial charge on any atom is 0.237 e. The van der Waals surface area contributed by atoms with E-state index in [2.05, 4.69) is 10.3 Å². The molecule has 0 aromatic carbocycles. The molecule has 1 amide bonds. The first kappa shape index (κ1) is 10.3. The Balaban J connectivity index is 2.02. The molecule has 1 aromatic rings. The maximum atomic E-state index is 11.8. The standard InChI is InChI=1S/C10H13N3OS/c11-7-6-12-4-3-8(7)13-10(14)9-2-1-5-15-9/h3-4,6,9H,1-2,5,11H2,(H,12,13,14). The third-order valence-electron chi connectivity index (χ3n) is 2.33. The molecule has 0 spiro atoms. The Hall–Kier alpha value is -1.23. The van der Waals surface area contributed by atoms with Crippen molar-refractivity contribution < 1.29 is 4.79 Å². The lowest BCUT2D eigenvalue weighted by atomic mass is 10.2. The third-order valence-corrected chi connectivity index (χ3v) is 3.71. The highest BCUT2D eigenvalue weighted by molar-refractivity contribution is 8.00. The lowest BCUT2D eigenvalue weighted by Gasteiger charge is -2.10. The van der Waals surface area contributed by atoms with E-state index >= 15 is 0 Å². The molecule has 1 saturated heterocycles. The summed E-state index contributed by atoms with van der Waals surface area (Å²) in [6, 6.07) is 1.72. The Labute approximate surface area is 92.6 Å². The number of hydrogen-bond donors (Lipinski definition) is 2. The molecule has 80 valence electrons. The van der Waals surface area contributed by atoms with Gasteiger partial charge < -0.3 is 11.1 Å². The molecule has 1 atom stereocenters. The van der Waals surface area contributed by atoms with Crippen molar-refractivity contribution in [3.63, 3.8) is 0 Å². The lowest BCUT2D eigenvalue weighted by molar-refractivity contribution is -0.115. The predicted octanol–water partition coefficient (Wildman–Crippen LogP) is 1.50. The highest BCUT2D eigenvalue weighted by atomic mass is 32.2. The van der Waals surface area contributed by atoms with Crippen LogP contribution in [0.3, 0.4) is 0 Å². The van der Waals surface area contributed by atoms with E-state index in [0.29, 0.717) is 11.4 Å². The molecule has 1 unspecified atom stereocenters. The summed E-state index contributed by atoms with van der Waals surface area (Å²) < 4.78 is 0. The molecule has 1 aliphatic rings. The molecule has 0 saturated carbocycles. The number of nitrogen functional groups attached to an aromatic ring is 1. The Morgan fingerprint density at radius 3 is 3.20 bits per heavy atom. The van der Waals surface area contributed by atoms with E-state index in [1.165, 1.54) is 6.20 Å². The number of carbonyl (C=O) groups excluding carboxylic acids is 1. The number of pyridine rings is 1. The number of aromatic nitrogens is 1. The minimum Gasteiger partial charge on any atom is -0.396 e. The second kappa shape index (κ2) is 4.53. The van der Waals surface area contributed by atoms with E-state index in [4.69, 9.17) is 5.73 Å². The second-order valence-corrected chi connectivity index (χ2v) is 4.76. The summed E-state index contributed by atoms with van der Waals surface area (Å²) in [7, 11) is 0. The van der Waals surface area contributed by atoms with Gasteiger partial charge in [0.15, 0.2) is 0 Å². The molecular weight excluding hydrogens is 210 g/mol. The van der Waals surface area contributed by atoms with E-state index in [-0.39, 0.29) is 11.2 Å². The van der Waals surface area contributed by atoms with Crippen molar-refractivity contribution in [3.8, 4) is 0 Å². The first-order valence-electron chi connectivity index (χ1n) is 4.89. The molecule has 0 bridgehead atoms. The number of nitrogens with two attached hydrogens (primary N) is 1. The zero-order chi connectivity index (χ0) is 10.7. The van der Waals surface area contributed by atoms with Crippen LogP contribution in [0.4, 0.5) is 11.4 Å². The molecule has 0 radical (unpaired) electrons. The molecule has 1 fully saturated rings. The quantitative estimate of drug-likeness (QED) is 0.797. The van der Waals surface area contributed by atoms with Crippen LogP contribution in [0.2, 0.25) is 0 Å². The van der Waals surface area contributed by atoms with Crippen molar-refractivity contribution in [2.75, 3.05) is 16.8 Å². The minimum absolute atomic E-state index is 0.0513. The first-order valence-corrected chi connectivity index (χ1v) is 5.94. The van der Waals surface area contributed by atoms with E-state index in [1.54, 1.807) is 24.0 Å². The molecule has 1 aliphatic heterocycles. The van der Waals surface area contributed by atoms with Gasteiger partial charge in [-0.2, -0.15) is 0 Å². The van der Waals surface area contributed by atoms with E-state index < -0.39 is 0 Å². The molecule has 0 aliphatic carbocycles. The van der Waals surface area contributed by atoms with Gasteiger partial charge in [0.2, 0.25) is 5.91 Å². The largest absolute Gasteiger partial charge is 0.396 e. The van der Waals surface area contributed by atoms with Gasteiger partial charge in [0.1, 0.15) is 0 Å². The summed E-state index contributed by atoms with van der Waals surface area (Å²) in [6.45, 7) is 0. The Kier molecular flexibility index (Phi) is 3.11. The van der Waals surface area contributed by atoms with Crippen LogP contribution < -0.4 is 11.1 Å². The van der Waals surface area contributed by atoms with Gasteiger partial charge in [-0.1, -0.05) is 0 Å². The SMILES string of the molecule is Nc1cnccc1NC(=O)C1CCCS1. The molecule has 4 nitrogen and oxygen atoms in total. The summed E-state index contributed by atoms with van der Waals surface area (Å²) >= 11 is 1.71. The van der Waals surface area contributed by atoms with E-state index in [1.807, 2.05) is 0 Å². The van der Waals surface area contributed by atoms with Crippen LogP contribution in [-0.2, 0) is 4.79 Å². The first-order chi connectivity index (χ1) is 7.27. The fourth-order valence-electron chi connectivity index (χ4n) is 1.52. The van der Waals surface area contributed by atoms with Gasteiger partial charge in [0.05, 0.1) is 22.8 Å². The van der Waals surface area contributed by atoms with Gasteiger partial charge in [0.25, 0.3) is 0 Å². The van der Waals surface area contributed by atoms with Crippen LogP contribution >= 0.6 is 11.8 Å². The molecule has 2 heterocycles. The Morgan fingerprint density at radius 2 is 2.53 bits per heavy atom. The highest BCUT2D eigenvalue weighted by Crippen LogP contribution is 2.27. The highest BCUT2D eigenvalue weighted by Gasteiger charge is 2.23. The summed E-state index contributed by atoms with van der Waals surface area (Å²) in [6.07, 6.45) is 5.24. The smallest absolute Gasteiger partial charge is 0.237 e. The Morgan fingerprint density at radius 1 is 1.67 bits per heavy atom. The number of carbonyl (C=O) groups is 1. The van der Waals surface area contributed by atoms with Crippen molar-refractivity contribution in [3.05, 3.63) is 18.5 Å². The zero-order valence-corrected chi connectivity index (χ0v) is 9.09. The van der Waals surface area contributed by atoms with Crippen LogP contribution in [0.25, 0.3) is 0 Å². The Bertz CT molecular complexity index is 363. The zero-order valence-electron chi connectivity index (χ0n) is 8.27. The fourth-order valence-corrected chi connectivity index (χ4v) is 2.68. The summed E-state index contributed by atoms with van der Waals surface area (Å²) in [4.78, 5) is 15.6. The van der Waals surface area contributed by atoms with Crippen LogP contribution in [-0.4, -0.2) is 21.9 Å². The van der Waals surface area contributed by atoms with Gasteiger partial charge in [-0.25, -0.2) is 0 Å². The van der Waals surface area contributed by atoms with Gasteiger partial charge in [-0.15, -0.1) is 11.8 Å².